The van der Waals surface area contributed by atoms with Crippen LogP contribution in [0.4, 0.5) is 0 Å². The number of fused-ring (bicyclic) bond motifs is 3. The number of hydrogen-bond donors (Lipinski definition) is 0. The van der Waals surface area contributed by atoms with Crippen molar-refractivity contribution in [3.05, 3.63) is 34.6 Å². The highest BCUT2D eigenvalue weighted by atomic mass is 79.9. The second-order valence-corrected chi connectivity index (χ2v) is 5.64. The number of aromatic nitrogens is 2. The summed E-state index contributed by atoms with van der Waals surface area (Å²) in [6.07, 6.45) is 0. The normalized spacial score (nSPS) is 18.9. The van der Waals surface area contributed by atoms with Gasteiger partial charge in [0.1, 0.15) is 0 Å². The molecule has 0 N–H and O–H groups in total. The Hall–Kier alpha value is -0.810. The van der Waals surface area contributed by atoms with Crippen LogP contribution in [-0.4, -0.2) is 20.1 Å². The molecule has 82 valence electrons. The maximum atomic E-state index is 11.8. The summed E-state index contributed by atoms with van der Waals surface area (Å²) in [6.45, 7) is 0.916. The molecule has 0 saturated carbocycles. The Balaban J connectivity index is 2.30. The molecule has 1 aliphatic rings. The Morgan fingerprint density at radius 2 is 2.31 bits per heavy atom. The number of rotatable bonds is 1. The minimum absolute atomic E-state index is 0.121. The van der Waals surface area contributed by atoms with Gasteiger partial charge in [0.05, 0.1) is 10.9 Å². The maximum absolute atomic E-state index is 11.8. The van der Waals surface area contributed by atoms with Gasteiger partial charge in [-0.05, 0) is 12.1 Å². The lowest BCUT2D eigenvalue weighted by molar-refractivity contribution is 0.669. The topological polar surface area (TPSA) is 34.9 Å². The van der Waals surface area contributed by atoms with E-state index < -0.39 is 0 Å². The fraction of sp³-hybridized carbons (Fsp3) is 0.273. The summed E-state index contributed by atoms with van der Waals surface area (Å²) in [4.78, 5) is 15.9. The van der Waals surface area contributed by atoms with Crippen LogP contribution in [0.25, 0.3) is 10.9 Å². The summed E-state index contributed by atoms with van der Waals surface area (Å²) in [7, 11) is 0. The summed E-state index contributed by atoms with van der Waals surface area (Å²) >= 11 is 5.15. The van der Waals surface area contributed by atoms with Gasteiger partial charge in [0, 0.05) is 17.1 Å². The average molecular weight is 297 g/mol. The minimum Gasteiger partial charge on any atom is -0.319 e. The molecule has 1 atom stereocenters. The Morgan fingerprint density at radius 3 is 3.12 bits per heavy atom. The van der Waals surface area contributed by atoms with Crippen LogP contribution in [0.2, 0.25) is 0 Å². The molecule has 1 aromatic heterocycles. The lowest BCUT2D eigenvalue weighted by atomic mass is 10.2. The van der Waals surface area contributed by atoms with Crippen molar-refractivity contribution in [2.45, 2.75) is 17.0 Å². The summed E-state index contributed by atoms with van der Waals surface area (Å²) in [6, 6.07) is 7.66. The highest BCUT2D eigenvalue weighted by Gasteiger charge is 2.24. The van der Waals surface area contributed by atoms with Gasteiger partial charge in [-0.3, -0.25) is 4.79 Å². The predicted molar refractivity (Wildman–Crippen MR) is 69.4 cm³/mol. The van der Waals surface area contributed by atoms with E-state index in [-0.39, 0.29) is 5.56 Å². The van der Waals surface area contributed by atoms with Crippen molar-refractivity contribution < 1.29 is 0 Å². The van der Waals surface area contributed by atoms with E-state index in [1.165, 1.54) is 0 Å². The van der Waals surface area contributed by atoms with Gasteiger partial charge in [-0.1, -0.05) is 39.8 Å². The second kappa shape index (κ2) is 3.89. The van der Waals surface area contributed by atoms with E-state index in [2.05, 4.69) is 25.5 Å². The summed E-state index contributed by atoms with van der Waals surface area (Å²) in [5.41, 5.74) is 0.873. The van der Waals surface area contributed by atoms with E-state index >= 15 is 0 Å². The average Bonchev–Trinajstić information content (AvgIpc) is 2.72. The molecule has 0 spiro atoms. The Morgan fingerprint density at radius 1 is 1.50 bits per heavy atom. The number of nitrogens with zero attached hydrogens (tertiary/aromatic N) is 2. The molecule has 2 aromatic rings. The van der Waals surface area contributed by atoms with Crippen molar-refractivity contribution in [1.29, 1.82) is 0 Å². The van der Waals surface area contributed by atoms with Crippen LogP contribution < -0.4 is 5.56 Å². The number of halogens is 1. The highest BCUT2D eigenvalue weighted by Crippen LogP contribution is 2.32. The van der Waals surface area contributed by atoms with Crippen molar-refractivity contribution in [3.63, 3.8) is 0 Å². The first kappa shape index (κ1) is 10.4. The third kappa shape index (κ3) is 1.50. The predicted octanol–water partition coefficient (Wildman–Crippen LogP) is 2.27. The first-order valence-corrected chi connectivity index (χ1v) is 7.02. The van der Waals surface area contributed by atoms with Gasteiger partial charge in [0.15, 0.2) is 5.16 Å². The monoisotopic (exact) mass is 296 g/mol. The van der Waals surface area contributed by atoms with Crippen molar-refractivity contribution in [1.82, 2.24) is 9.55 Å². The van der Waals surface area contributed by atoms with Gasteiger partial charge in [-0.25, -0.2) is 0 Å². The van der Waals surface area contributed by atoms with Gasteiger partial charge >= 0.3 is 0 Å². The molecule has 0 aliphatic carbocycles. The van der Waals surface area contributed by atoms with Gasteiger partial charge in [-0.2, -0.15) is 4.98 Å². The zero-order chi connectivity index (χ0) is 11.1. The number of para-hydroxylation sites is 1. The van der Waals surface area contributed by atoms with Crippen LogP contribution in [0.3, 0.4) is 0 Å². The van der Waals surface area contributed by atoms with Crippen molar-refractivity contribution in [2.24, 2.45) is 0 Å². The standard InChI is InChI=1S/C11H9BrN2OS/c12-5-7-6-14-9-4-2-1-3-8(9)10(15)13-11(14)16-7/h1-4,7H,5-6H2/t7-/m1/s1. The number of thioether (sulfide) groups is 1. The van der Waals surface area contributed by atoms with Gasteiger partial charge in [0.2, 0.25) is 0 Å². The van der Waals surface area contributed by atoms with E-state index in [0.717, 1.165) is 22.5 Å². The maximum Gasteiger partial charge on any atom is 0.281 e. The molecule has 16 heavy (non-hydrogen) atoms. The van der Waals surface area contributed by atoms with Crippen LogP contribution in [-0.2, 0) is 6.54 Å². The van der Waals surface area contributed by atoms with Crippen molar-refractivity contribution in [3.8, 4) is 0 Å². The molecule has 5 heteroatoms. The smallest absolute Gasteiger partial charge is 0.281 e. The van der Waals surface area contributed by atoms with E-state index in [4.69, 9.17) is 0 Å². The Kier molecular flexibility index (Phi) is 2.52. The molecular formula is C11H9BrN2OS. The minimum atomic E-state index is -0.121. The van der Waals surface area contributed by atoms with Gasteiger partial charge in [0.25, 0.3) is 5.56 Å². The largest absolute Gasteiger partial charge is 0.319 e. The molecule has 2 heterocycles. The summed E-state index contributed by atoms with van der Waals surface area (Å²) in [5.74, 6) is 0. The lowest BCUT2D eigenvalue weighted by Gasteiger charge is -2.06. The van der Waals surface area contributed by atoms with Crippen molar-refractivity contribution >= 4 is 38.6 Å². The quantitative estimate of drug-likeness (QED) is 0.598. The van der Waals surface area contributed by atoms with Crippen LogP contribution in [0.15, 0.2) is 34.2 Å². The molecule has 1 aliphatic heterocycles. The third-order valence-corrected chi connectivity index (χ3v) is 5.07. The SMILES string of the molecule is O=c1nc2n(c3ccccc13)C[C@@H](CBr)S2. The number of hydrogen-bond acceptors (Lipinski definition) is 3. The number of benzene rings is 1. The van der Waals surface area contributed by atoms with Crippen LogP contribution in [0.5, 0.6) is 0 Å². The van der Waals surface area contributed by atoms with Crippen LogP contribution >= 0.6 is 27.7 Å². The molecule has 1 aromatic carbocycles. The molecule has 0 unspecified atom stereocenters. The van der Waals surface area contributed by atoms with E-state index in [1.807, 2.05) is 24.3 Å². The van der Waals surface area contributed by atoms with E-state index in [9.17, 15) is 4.79 Å². The zero-order valence-electron chi connectivity index (χ0n) is 8.39. The molecule has 0 saturated heterocycles. The summed E-state index contributed by atoms with van der Waals surface area (Å²) in [5, 5.41) is 2.94. The molecule has 0 amide bonds. The fourth-order valence-electron chi connectivity index (χ4n) is 1.94. The molecular weight excluding hydrogens is 288 g/mol. The lowest BCUT2D eigenvalue weighted by Crippen LogP contribution is -2.13. The third-order valence-electron chi connectivity index (χ3n) is 2.68. The van der Waals surface area contributed by atoms with Gasteiger partial charge < -0.3 is 4.57 Å². The number of alkyl halides is 1. The first-order valence-electron chi connectivity index (χ1n) is 5.02. The Labute approximate surface area is 105 Å². The molecule has 0 fully saturated rings. The molecule has 0 radical (unpaired) electrons. The first-order chi connectivity index (χ1) is 7.79. The zero-order valence-corrected chi connectivity index (χ0v) is 10.8. The van der Waals surface area contributed by atoms with E-state index in [1.54, 1.807) is 11.8 Å². The summed E-state index contributed by atoms with van der Waals surface area (Å²) < 4.78 is 2.13. The fourth-order valence-corrected chi connectivity index (χ4v) is 3.56. The molecule has 3 rings (SSSR count). The van der Waals surface area contributed by atoms with Gasteiger partial charge in [-0.15, -0.1) is 0 Å². The van der Waals surface area contributed by atoms with E-state index in [0.29, 0.717) is 10.6 Å². The second-order valence-electron chi connectivity index (χ2n) is 3.72. The molecule has 0 bridgehead atoms. The molecule has 3 nitrogen and oxygen atoms in total. The van der Waals surface area contributed by atoms with Crippen LogP contribution in [0.1, 0.15) is 0 Å². The Bertz CT molecular complexity index is 610. The van der Waals surface area contributed by atoms with Crippen molar-refractivity contribution in [2.75, 3.05) is 5.33 Å². The highest BCUT2D eigenvalue weighted by molar-refractivity contribution is 9.09. The van der Waals surface area contributed by atoms with Crippen LogP contribution in [0, 0.1) is 0 Å².